The van der Waals surface area contributed by atoms with Gasteiger partial charge in [0, 0.05) is 42.9 Å². The SMILES string of the molecule is C[C@H](NCCc1nccn1C)c1ccc(Br)cc1. The van der Waals surface area contributed by atoms with Gasteiger partial charge in [0.05, 0.1) is 0 Å². The first kappa shape index (κ1) is 13.3. The maximum absolute atomic E-state index is 4.31. The number of benzene rings is 1. The highest BCUT2D eigenvalue weighted by Crippen LogP contribution is 2.16. The molecule has 1 N–H and O–H groups in total. The van der Waals surface area contributed by atoms with E-state index >= 15 is 0 Å². The molecule has 1 aromatic heterocycles. The zero-order valence-electron chi connectivity index (χ0n) is 10.7. The molecule has 2 aromatic rings. The molecule has 18 heavy (non-hydrogen) atoms. The van der Waals surface area contributed by atoms with E-state index in [9.17, 15) is 0 Å². The molecule has 0 aliphatic carbocycles. The van der Waals surface area contributed by atoms with E-state index in [1.165, 1.54) is 5.56 Å². The number of aromatic nitrogens is 2. The minimum Gasteiger partial charge on any atom is -0.338 e. The Labute approximate surface area is 116 Å². The number of imidazole rings is 1. The summed E-state index contributed by atoms with van der Waals surface area (Å²) in [7, 11) is 2.03. The summed E-state index contributed by atoms with van der Waals surface area (Å²) in [5.41, 5.74) is 1.30. The average Bonchev–Trinajstić information content (AvgIpc) is 2.76. The molecule has 96 valence electrons. The first-order chi connectivity index (χ1) is 8.66. The van der Waals surface area contributed by atoms with E-state index in [0.717, 1.165) is 23.3 Å². The topological polar surface area (TPSA) is 29.9 Å². The molecule has 0 saturated carbocycles. The van der Waals surface area contributed by atoms with Crippen LogP contribution in [0.3, 0.4) is 0 Å². The van der Waals surface area contributed by atoms with Gasteiger partial charge in [-0.25, -0.2) is 4.98 Å². The summed E-state index contributed by atoms with van der Waals surface area (Å²) < 4.78 is 3.18. The zero-order valence-corrected chi connectivity index (χ0v) is 12.3. The van der Waals surface area contributed by atoms with Crippen molar-refractivity contribution >= 4 is 15.9 Å². The van der Waals surface area contributed by atoms with Crippen LogP contribution in [0.2, 0.25) is 0 Å². The molecule has 0 aliphatic heterocycles. The van der Waals surface area contributed by atoms with Crippen LogP contribution in [0.1, 0.15) is 24.4 Å². The summed E-state index contributed by atoms with van der Waals surface area (Å²) in [4.78, 5) is 4.31. The van der Waals surface area contributed by atoms with Crippen molar-refractivity contribution in [2.75, 3.05) is 6.54 Å². The minimum atomic E-state index is 0.360. The summed E-state index contributed by atoms with van der Waals surface area (Å²) in [6.07, 6.45) is 4.77. The molecule has 0 bridgehead atoms. The summed E-state index contributed by atoms with van der Waals surface area (Å²) in [6.45, 7) is 3.11. The molecule has 0 fully saturated rings. The third-order valence-electron chi connectivity index (χ3n) is 3.09. The third kappa shape index (κ3) is 3.43. The molecular weight excluding hydrogens is 290 g/mol. The zero-order chi connectivity index (χ0) is 13.0. The highest BCUT2D eigenvalue weighted by atomic mass is 79.9. The smallest absolute Gasteiger partial charge is 0.109 e. The largest absolute Gasteiger partial charge is 0.338 e. The van der Waals surface area contributed by atoms with E-state index in [-0.39, 0.29) is 0 Å². The van der Waals surface area contributed by atoms with Crippen molar-refractivity contribution in [3.63, 3.8) is 0 Å². The van der Waals surface area contributed by atoms with E-state index in [1.807, 2.05) is 19.4 Å². The lowest BCUT2D eigenvalue weighted by Gasteiger charge is -2.14. The number of hydrogen-bond donors (Lipinski definition) is 1. The second kappa shape index (κ2) is 6.16. The van der Waals surface area contributed by atoms with Gasteiger partial charge < -0.3 is 9.88 Å². The van der Waals surface area contributed by atoms with Crippen LogP contribution in [-0.4, -0.2) is 16.1 Å². The van der Waals surface area contributed by atoms with Crippen molar-refractivity contribution in [1.82, 2.24) is 14.9 Å². The molecule has 1 aromatic carbocycles. The predicted molar refractivity (Wildman–Crippen MR) is 77.5 cm³/mol. The van der Waals surface area contributed by atoms with Crippen LogP contribution in [-0.2, 0) is 13.5 Å². The number of aryl methyl sites for hydroxylation is 1. The highest BCUT2D eigenvalue weighted by molar-refractivity contribution is 9.10. The average molecular weight is 308 g/mol. The molecule has 0 spiro atoms. The first-order valence-corrected chi connectivity index (χ1v) is 6.91. The molecule has 3 nitrogen and oxygen atoms in total. The number of hydrogen-bond acceptors (Lipinski definition) is 2. The molecule has 1 atom stereocenters. The lowest BCUT2D eigenvalue weighted by molar-refractivity contribution is 0.565. The van der Waals surface area contributed by atoms with Gasteiger partial charge in [-0.05, 0) is 24.6 Å². The second-order valence-corrected chi connectivity index (χ2v) is 5.35. The third-order valence-corrected chi connectivity index (χ3v) is 3.62. The van der Waals surface area contributed by atoms with E-state index in [1.54, 1.807) is 0 Å². The monoisotopic (exact) mass is 307 g/mol. The van der Waals surface area contributed by atoms with Crippen molar-refractivity contribution in [3.05, 3.63) is 52.5 Å². The minimum absolute atomic E-state index is 0.360. The number of nitrogens with zero attached hydrogens (tertiary/aromatic N) is 2. The van der Waals surface area contributed by atoms with Crippen molar-refractivity contribution in [2.45, 2.75) is 19.4 Å². The van der Waals surface area contributed by atoms with E-state index in [4.69, 9.17) is 0 Å². The van der Waals surface area contributed by atoms with Gasteiger partial charge in [-0.1, -0.05) is 28.1 Å². The molecule has 1 heterocycles. The van der Waals surface area contributed by atoms with Crippen LogP contribution >= 0.6 is 15.9 Å². The fourth-order valence-corrected chi connectivity index (χ4v) is 2.17. The van der Waals surface area contributed by atoms with Gasteiger partial charge in [0.15, 0.2) is 0 Å². The van der Waals surface area contributed by atoms with Gasteiger partial charge in [0.2, 0.25) is 0 Å². The maximum atomic E-state index is 4.31. The van der Waals surface area contributed by atoms with Crippen LogP contribution < -0.4 is 5.32 Å². The molecule has 0 amide bonds. The second-order valence-electron chi connectivity index (χ2n) is 4.43. The summed E-state index contributed by atoms with van der Waals surface area (Å²) in [6, 6.07) is 8.79. The van der Waals surface area contributed by atoms with Crippen LogP contribution in [0.4, 0.5) is 0 Å². The van der Waals surface area contributed by atoms with Gasteiger partial charge >= 0.3 is 0 Å². The number of rotatable bonds is 5. The van der Waals surface area contributed by atoms with Crippen molar-refractivity contribution in [2.24, 2.45) is 7.05 Å². The molecule has 4 heteroatoms. The standard InChI is InChI=1S/C14H18BrN3/c1-11(12-3-5-13(15)6-4-12)16-8-7-14-17-9-10-18(14)2/h3-6,9-11,16H,7-8H2,1-2H3/t11-/m0/s1. The van der Waals surface area contributed by atoms with E-state index < -0.39 is 0 Å². The van der Waals surface area contributed by atoms with Gasteiger partial charge in [0.1, 0.15) is 5.82 Å². The van der Waals surface area contributed by atoms with Crippen LogP contribution in [0.5, 0.6) is 0 Å². The molecule has 0 aliphatic rings. The van der Waals surface area contributed by atoms with Gasteiger partial charge in [-0.3, -0.25) is 0 Å². The van der Waals surface area contributed by atoms with Crippen molar-refractivity contribution in [3.8, 4) is 0 Å². The van der Waals surface area contributed by atoms with Crippen molar-refractivity contribution < 1.29 is 0 Å². The Kier molecular flexibility index (Phi) is 4.55. The maximum Gasteiger partial charge on any atom is 0.109 e. The van der Waals surface area contributed by atoms with E-state index in [0.29, 0.717) is 6.04 Å². The Morgan fingerprint density at radius 3 is 2.67 bits per heavy atom. The Balaban J connectivity index is 1.83. The fraction of sp³-hybridized carbons (Fsp3) is 0.357. The Morgan fingerprint density at radius 1 is 1.33 bits per heavy atom. The number of halogens is 1. The normalized spacial score (nSPS) is 12.6. The Morgan fingerprint density at radius 2 is 2.06 bits per heavy atom. The van der Waals surface area contributed by atoms with Crippen LogP contribution in [0.25, 0.3) is 0 Å². The summed E-state index contributed by atoms with van der Waals surface area (Å²) in [5, 5.41) is 3.52. The first-order valence-electron chi connectivity index (χ1n) is 6.12. The van der Waals surface area contributed by atoms with Gasteiger partial charge in [0.25, 0.3) is 0 Å². The molecule has 0 radical (unpaired) electrons. The molecule has 0 unspecified atom stereocenters. The highest BCUT2D eigenvalue weighted by Gasteiger charge is 2.05. The van der Waals surface area contributed by atoms with Gasteiger partial charge in [-0.15, -0.1) is 0 Å². The quantitative estimate of drug-likeness (QED) is 0.920. The molecule has 0 saturated heterocycles. The van der Waals surface area contributed by atoms with Crippen molar-refractivity contribution in [1.29, 1.82) is 0 Å². The lowest BCUT2D eigenvalue weighted by Crippen LogP contribution is -2.22. The predicted octanol–water partition coefficient (Wildman–Crippen LogP) is 3.08. The number of nitrogens with one attached hydrogen (secondary N) is 1. The van der Waals surface area contributed by atoms with E-state index in [2.05, 4.69) is 62.0 Å². The molecular formula is C14H18BrN3. The lowest BCUT2D eigenvalue weighted by atomic mass is 10.1. The molecule has 2 rings (SSSR count). The summed E-state index contributed by atoms with van der Waals surface area (Å²) in [5.74, 6) is 1.12. The summed E-state index contributed by atoms with van der Waals surface area (Å²) >= 11 is 3.45. The van der Waals surface area contributed by atoms with Crippen LogP contribution in [0, 0.1) is 0 Å². The van der Waals surface area contributed by atoms with Crippen LogP contribution in [0.15, 0.2) is 41.1 Å². The fourth-order valence-electron chi connectivity index (χ4n) is 1.91. The Hall–Kier alpha value is -1.13. The van der Waals surface area contributed by atoms with Gasteiger partial charge in [-0.2, -0.15) is 0 Å². The Bertz CT molecular complexity index is 490.